The van der Waals surface area contributed by atoms with Gasteiger partial charge in [-0.3, -0.25) is 0 Å². The predicted molar refractivity (Wildman–Crippen MR) is 70.5 cm³/mol. The summed E-state index contributed by atoms with van der Waals surface area (Å²) in [7, 11) is 2.06. The number of benzene rings is 1. The number of phenolic OH excluding ortho intramolecular Hbond substituents is 1. The van der Waals surface area contributed by atoms with Crippen molar-refractivity contribution < 1.29 is 5.11 Å². The second kappa shape index (κ2) is 3.66. The van der Waals surface area contributed by atoms with Crippen molar-refractivity contribution in [3.05, 3.63) is 48.8 Å². The van der Waals surface area contributed by atoms with E-state index in [1.807, 2.05) is 41.1 Å². The average Bonchev–Trinajstić information content (AvgIpc) is 2.72. The fourth-order valence-corrected chi connectivity index (χ4v) is 1.87. The van der Waals surface area contributed by atoms with Crippen LogP contribution in [0, 0.1) is 0 Å². The molecule has 0 aliphatic heterocycles. The van der Waals surface area contributed by atoms with Crippen LogP contribution in [0.2, 0.25) is 0 Å². The van der Waals surface area contributed by atoms with Crippen molar-refractivity contribution >= 4 is 19.0 Å². The first kappa shape index (κ1) is 9.96. The molecule has 1 aromatic carbocycles. The number of hydrogen-bond acceptors (Lipinski definition) is 2. The Labute approximate surface area is 99.8 Å². The molecule has 17 heavy (non-hydrogen) atoms. The molecule has 1 N–H and O–H groups in total. The number of pyridine rings is 1. The zero-order valence-corrected chi connectivity index (χ0v) is 9.46. The lowest BCUT2D eigenvalue weighted by Gasteiger charge is -1.95. The third-order valence-electron chi connectivity index (χ3n) is 2.76. The molecule has 2 aromatic heterocycles. The van der Waals surface area contributed by atoms with Crippen molar-refractivity contribution in [2.45, 2.75) is 0 Å². The molecule has 0 saturated heterocycles. The van der Waals surface area contributed by atoms with Crippen molar-refractivity contribution in [1.29, 1.82) is 0 Å². The highest BCUT2D eigenvalue weighted by Gasteiger charge is 2.03. The van der Waals surface area contributed by atoms with Gasteiger partial charge in [-0.05, 0) is 30.3 Å². The lowest BCUT2D eigenvalue weighted by atomic mass is 9.99. The summed E-state index contributed by atoms with van der Waals surface area (Å²) in [6, 6.07) is 11.1. The van der Waals surface area contributed by atoms with Gasteiger partial charge in [0, 0.05) is 18.0 Å². The van der Waals surface area contributed by atoms with E-state index in [1.165, 1.54) is 5.46 Å². The Morgan fingerprint density at radius 2 is 1.76 bits per heavy atom. The van der Waals surface area contributed by atoms with Crippen LogP contribution in [0.5, 0.6) is 5.75 Å². The number of phenols is 1. The zero-order chi connectivity index (χ0) is 11.8. The first-order chi connectivity index (χ1) is 8.22. The summed E-state index contributed by atoms with van der Waals surface area (Å²) >= 11 is 0. The Bertz CT molecular complexity index is 673. The van der Waals surface area contributed by atoms with Crippen LogP contribution in [0.1, 0.15) is 0 Å². The molecular formula is C13H11BN2O. The molecule has 3 nitrogen and oxygen atoms in total. The molecule has 3 rings (SSSR count). The summed E-state index contributed by atoms with van der Waals surface area (Å²) in [6.45, 7) is 0. The SMILES string of the molecule is Bc1ccc2nc(-c3ccc(O)cc3)cn2c1. The Balaban J connectivity index is 2.14. The Morgan fingerprint density at radius 3 is 2.53 bits per heavy atom. The second-order valence-electron chi connectivity index (χ2n) is 4.14. The van der Waals surface area contributed by atoms with E-state index in [2.05, 4.69) is 12.8 Å². The van der Waals surface area contributed by atoms with Crippen LogP contribution < -0.4 is 5.46 Å². The molecule has 2 heterocycles. The summed E-state index contributed by atoms with van der Waals surface area (Å²) < 4.78 is 2.01. The molecule has 82 valence electrons. The van der Waals surface area contributed by atoms with E-state index in [0.717, 1.165) is 16.9 Å². The van der Waals surface area contributed by atoms with Crippen LogP contribution >= 0.6 is 0 Å². The maximum Gasteiger partial charge on any atom is 0.141 e. The van der Waals surface area contributed by atoms with Gasteiger partial charge in [0.15, 0.2) is 0 Å². The molecule has 0 amide bonds. The van der Waals surface area contributed by atoms with E-state index >= 15 is 0 Å². The maximum absolute atomic E-state index is 9.25. The Kier molecular flexibility index (Phi) is 2.15. The van der Waals surface area contributed by atoms with E-state index in [-0.39, 0.29) is 5.75 Å². The van der Waals surface area contributed by atoms with Crippen molar-refractivity contribution in [2.24, 2.45) is 0 Å². The van der Waals surface area contributed by atoms with Crippen LogP contribution in [0.4, 0.5) is 0 Å². The maximum atomic E-state index is 9.25. The minimum atomic E-state index is 0.272. The van der Waals surface area contributed by atoms with Gasteiger partial charge in [0.2, 0.25) is 0 Å². The fraction of sp³-hybridized carbons (Fsp3) is 0. The largest absolute Gasteiger partial charge is 0.508 e. The highest BCUT2D eigenvalue weighted by Crippen LogP contribution is 2.21. The minimum Gasteiger partial charge on any atom is -0.508 e. The Morgan fingerprint density at radius 1 is 1.00 bits per heavy atom. The smallest absolute Gasteiger partial charge is 0.141 e. The quantitative estimate of drug-likeness (QED) is 0.623. The van der Waals surface area contributed by atoms with Gasteiger partial charge >= 0.3 is 0 Å². The predicted octanol–water partition coefficient (Wildman–Crippen LogP) is 0.965. The summed E-state index contributed by atoms with van der Waals surface area (Å²) in [4.78, 5) is 4.54. The molecular weight excluding hydrogens is 211 g/mol. The standard InChI is InChI=1S/C13H11BN2O/c14-10-3-6-13-15-12(8-16(13)7-10)9-1-4-11(17)5-2-9/h1-8,17H,14H2. The molecule has 4 heteroatoms. The fourth-order valence-electron chi connectivity index (χ4n) is 1.87. The van der Waals surface area contributed by atoms with Gasteiger partial charge in [0.25, 0.3) is 0 Å². The molecule has 0 atom stereocenters. The van der Waals surface area contributed by atoms with E-state index in [9.17, 15) is 5.11 Å². The third-order valence-corrected chi connectivity index (χ3v) is 2.76. The van der Waals surface area contributed by atoms with Crippen molar-refractivity contribution in [3.63, 3.8) is 0 Å². The minimum absolute atomic E-state index is 0.272. The first-order valence-corrected chi connectivity index (χ1v) is 5.47. The Hall–Kier alpha value is -2.23. The molecule has 0 spiro atoms. The molecule has 0 fully saturated rings. The molecule has 0 saturated carbocycles. The van der Waals surface area contributed by atoms with Gasteiger partial charge in [0.05, 0.1) is 5.69 Å². The molecule has 0 aliphatic rings. The average molecular weight is 222 g/mol. The van der Waals surface area contributed by atoms with Gasteiger partial charge in [-0.15, -0.1) is 0 Å². The second-order valence-corrected chi connectivity index (χ2v) is 4.14. The monoisotopic (exact) mass is 222 g/mol. The highest BCUT2D eigenvalue weighted by atomic mass is 16.3. The van der Waals surface area contributed by atoms with E-state index in [0.29, 0.717) is 0 Å². The summed E-state index contributed by atoms with van der Waals surface area (Å²) in [5, 5.41) is 9.25. The van der Waals surface area contributed by atoms with Crippen LogP contribution in [-0.4, -0.2) is 22.3 Å². The molecule has 0 aliphatic carbocycles. The molecule has 3 aromatic rings. The van der Waals surface area contributed by atoms with Crippen LogP contribution in [0.15, 0.2) is 48.8 Å². The van der Waals surface area contributed by atoms with E-state index < -0.39 is 0 Å². The van der Waals surface area contributed by atoms with Crippen molar-refractivity contribution in [2.75, 3.05) is 0 Å². The van der Waals surface area contributed by atoms with Crippen molar-refractivity contribution in [1.82, 2.24) is 9.38 Å². The highest BCUT2D eigenvalue weighted by molar-refractivity contribution is 6.32. The number of rotatable bonds is 1. The number of imidazole rings is 1. The third kappa shape index (κ3) is 1.78. The van der Waals surface area contributed by atoms with Gasteiger partial charge in [-0.25, -0.2) is 4.98 Å². The van der Waals surface area contributed by atoms with Crippen LogP contribution in [-0.2, 0) is 0 Å². The number of aromatic nitrogens is 2. The molecule has 0 radical (unpaired) electrons. The number of hydrogen-bond donors (Lipinski definition) is 1. The topological polar surface area (TPSA) is 37.5 Å². The van der Waals surface area contributed by atoms with E-state index in [4.69, 9.17) is 0 Å². The molecule has 0 bridgehead atoms. The first-order valence-electron chi connectivity index (χ1n) is 5.47. The normalized spacial score (nSPS) is 10.8. The van der Waals surface area contributed by atoms with Crippen LogP contribution in [0.3, 0.4) is 0 Å². The number of nitrogens with zero attached hydrogens (tertiary/aromatic N) is 2. The molecule has 0 unspecified atom stereocenters. The zero-order valence-electron chi connectivity index (χ0n) is 9.46. The summed E-state index contributed by atoms with van der Waals surface area (Å²) in [6.07, 6.45) is 4.04. The number of fused-ring (bicyclic) bond motifs is 1. The number of aromatic hydroxyl groups is 1. The van der Waals surface area contributed by atoms with Crippen LogP contribution in [0.25, 0.3) is 16.9 Å². The van der Waals surface area contributed by atoms with Gasteiger partial charge < -0.3 is 9.51 Å². The lowest BCUT2D eigenvalue weighted by Crippen LogP contribution is -2.03. The summed E-state index contributed by atoms with van der Waals surface area (Å²) in [5.41, 5.74) is 4.05. The van der Waals surface area contributed by atoms with Gasteiger partial charge in [0.1, 0.15) is 19.2 Å². The lowest BCUT2D eigenvalue weighted by molar-refractivity contribution is 0.475. The van der Waals surface area contributed by atoms with Gasteiger partial charge in [-0.1, -0.05) is 11.5 Å². The summed E-state index contributed by atoms with van der Waals surface area (Å²) in [5.74, 6) is 0.272. The van der Waals surface area contributed by atoms with Gasteiger partial charge in [-0.2, -0.15) is 0 Å². The van der Waals surface area contributed by atoms with Crippen molar-refractivity contribution in [3.8, 4) is 17.0 Å². The van der Waals surface area contributed by atoms with E-state index in [1.54, 1.807) is 12.1 Å².